The SMILES string of the molecule is CCCCOCCNC(=O)Nc1ccc(C(=O)O)cc1Cl. The van der Waals surface area contributed by atoms with Gasteiger partial charge < -0.3 is 20.5 Å². The molecule has 21 heavy (non-hydrogen) atoms. The molecule has 0 aliphatic rings. The number of amides is 2. The van der Waals surface area contributed by atoms with Gasteiger partial charge in [0.2, 0.25) is 0 Å². The molecule has 7 heteroatoms. The van der Waals surface area contributed by atoms with Crippen molar-refractivity contribution in [1.82, 2.24) is 5.32 Å². The van der Waals surface area contributed by atoms with E-state index in [1.165, 1.54) is 18.2 Å². The second-order valence-corrected chi connectivity index (χ2v) is 4.75. The Bertz CT molecular complexity index is 494. The van der Waals surface area contributed by atoms with Crippen LogP contribution in [-0.2, 0) is 4.74 Å². The lowest BCUT2D eigenvalue weighted by molar-refractivity contribution is 0.0697. The zero-order valence-electron chi connectivity index (χ0n) is 11.8. The molecule has 0 bridgehead atoms. The highest BCUT2D eigenvalue weighted by molar-refractivity contribution is 6.34. The Kier molecular flexibility index (Phi) is 7.56. The van der Waals surface area contributed by atoms with Crippen LogP contribution < -0.4 is 10.6 Å². The van der Waals surface area contributed by atoms with Crippen LogP contribution in [0.3, 0.4) is 0 Å². The number of anilines is 1. The highest BCUT2D eigenvalue weighted by Crippen LogP contribution is 2.22. The summed E-state index contributed by atoms with van der Waals surface area (Å²) in [6.07, 6.45) is 2.07. The van der Waals surface area contributed by atoms with Crippen molar-refractivity contribution in [3.8, 4) is 0 Å². The van der Waals surface area contributed by atoms with Crippen LogP contribution in [0.2, 0.25) is 5.02 Å². The summed E-state index contributed by atoms with van der Waals surface area (Å²) in [5, 5.41) is 14.2. The first kappa shape index (κ1) is 17.3. The third kappa shape index (κ3) is 6.46. The normalized spacial score (nSPS) is 10.2. The van der Waals surface area contributed by atoms with Crippen molar-refractivity contribution >= 4 is 29.3 Å². The highest BCUT2D eigenvalue weighted by Gasteiger charge is 2.09. The Morgan fingerprint density at radius 1 is 1.33 bits per heavy atom. The molecule has 0 fully saturated rings. The molecular formula is C14H19ClN2O4. The number of urea groups is 1. The fourth-order valence-electron chi connectivity index (χ4n) is 1.50. The van der Waals surface area contributed by atoms with Gasteiger partial charge in [-0.05, 0) is 24.6 Å². The average molecular weight is 315 g/mol. The van der Waals surface area contributed by atoms with Gasteiger partial charge in [-0.3, -0.25) is 0 Å². The minimum absolute atomic E-state index is 0.0651. The zero-order chi connectivity index (χ0) is 15.7. The molecule has 116 valence electrons. The number of carbonyl (C=O) groups excluding carboxylic acids is 1. The number of unbranched alkanes of at least 4 members (excludes halogenated alkanes) is 1. The summed E-state index contributed by atoms with van der Waals surface area (Å²) in [5.41, 5.74) is 0.418. The van der Waals surface area contributed by atoms with Gasteiger partial charge >= 0.3 is 12.0 Å². The van der Waals surface area contributed by atoms with Crippen molar-refractivity contribution in [3.05, 3.63) is 28.8 Å². The number of halogens is 1. The number of nitrogens with one attached hydrogen (secondary N) is 2. The molecule has 1 aromatic carbocycles. The summed E-state index contributed by atoms with van der Waals surface area (Å²) in [6.45, 7) is 3.59. The lowest BCUT2D eigenvalue weighted by Gasteiger charge is -2.09. The molecule has 6 nitrogen and oxygen atoms in total. The minimum atomic E-state index is -1.07. The van der Waals surface area contributed by atoms with Gasteiger partial charge in [0.15, 0.2) is 0 Å². The molecule has 0 heterocycles. The fraction of sp³-hybridized carbons (Fsp3) is 0.429. The summed E-state index contributed by atoms with van der Waals surface area (Å²) in [7, 11) is 0. The molecule has 3 N–H and O–H groups in total. The van der Waals surface area contributed by atoms with Crippen LogP contribution in [0.1, 0.15) is 30.1 Å². The van der Waals surface area contributed by atoms with Gasteiger partial charge in [-0.25, -0.2) is 9.59 Å². The molecule has 0 aromatic heterocycles. The lowest BCUT2D eigenvalue weighted by atomic mass is 10.2. The Morgan fingerprint density at radius 3 is 2.71 bits per heavy atom. The van der Waals surface area contributed by atoms with E-state index in [-0.39, 0.29) is 10.6 Å². The maximum absolute atomic E-state index is 11.6. The summed E-state index contributed by atoms with van der Waals surface area (Å²) in [4.78, 5) is 22.4. The molecule has 0 spiro atoms. The third-order valence-electron chi connectivity index (χ3n) is 2.64. The van der Waals surface area contributed by atoms with Gasteiger partial charge in [-0.15, -0.1) is 0 Å². The van der Waals surface area contributed by atoms with Crippen LogP contribution in [0.4, 0.5) is 10.5 Å². The molecule has 1 aromatic rings. The van der Waals surface area contributed by atoms with Gasteiger partial charge in [0.25, 0.3) is 0 Å². The maximum Gasteiger partial charge on any atom is 0.335 e. The van der Waals surface area contributed by atoms with Crippen LogP contribution in [-0.4, -0.2) is 36.9 Å². The number of hydrogen-bond acceptors (Lipinski definition) is 3. The molecule has 0 aliphatic carbocycles. The van der Waals surface area contributed by atoms with Gasteiger partial charge in [-0.1, -0.05) is 24.9 Å². The highest BCUT2D eigenvalue weighted by atomic mass is 35.5. The first-order valence-electron chi connectivity index (χ1n) is 6.70. The van der Waals surface area contributed by atoms with Crippen LogP contribution >= 0.6 is 11.6 Å². The van der Waals surface area contributed by atoms with E-state index in [1.807, 2.05) is 0 Å². The van der Waals surface area contributed by atoms with Gasteiger partial charge in [0.1, 0.15) is 0 Å². The van der Waals surface area contributed by atoms with Crippen LogP contribution in [0.5, 0.6) is 0 Å². The predicted octanol–water partition coefficient (Wildman–Crippen LogP) is 2.98. The van der Waals surface area contributed by atoms with E-state index >= 15 is 0 Å². The Hall–Kier alpha value is -1.79. The average Bonchev–Trinajstić information content (AvgIpc) is 2.44. The quantitative estimate of drug-likeness (QED) is 0.644. The van der Waals surface area contributed by atoms with Gasteiger partial charge in [0, 0.05) is 13.2 Å². The van der Waals surface area contributed by atoms with Gasteiger partial charge in [-0.2, -0.15) is 0 Å². The molecule has 2 amide bonds. The van der Waals surface area contributed by atoms with E-state index in [0.717, 1.165) is 12.8 Å². The first-order valence-corrected chi connectivity index (χ1v) is 7.07. The predicted molar refractivity (Wildman–Crippen MR) is 81.2 cm³/mol. The number of carbonyl (C=O) groups is 2. The number of carboxylic acids is 1. The van der Waals surface area contributed by atoms with E-state index in [9.17, 15) is 9.59 Å². The standard InChI is InChI=1S/C14H19ClN2O4/c1-2-3-7-21-8-6-16-14(20)17-12-5-4-10(13(18)19)9-11(12)15/h4-5,9H,2-3,6-8H2,1H3,(H,18,19)(H2,16,17,20). The van der Waals surface area contributed by atoms with E-state index in [0.29, 0.717) is 25.4 Å². The van der Waals surface area contributed by atoms with Crippen LogP contribution in [0.25, 0.3) is 0 Å². The van der Waals surface area contributed by atoms with Crippen LogP contribution in [0, 0.1) is 0 Å². The van der Waals surface area contributed by atoms with Crippen molar-refractivity contribution in [3.63, 3.8) is 0 Å². The summed E-state index contributed by atoms with van der Waals surface area (Å²) in [5.74, 6) is -1.07. The molecule has 0 radical (unpaired) electrons. The summed E-state index contributed by atoms with van der Waals surface area (Å²) >= 11 is 5.91. The van der Waals surface area contributed by atoms with E-state index in [2.05, 4.69) is 17.6 Å². The number of aromatic carboxylic acids is 1. The van der Waals surface area contributed by atoms with Crippen molar-refractivity contribution < 1.29 is 19.4 Å². The van der Waals surface area contributed by atoms with E-state index in [1.54, 1.807) is 0 Å². The van der Waals surface area contributed by atoms with E-state index in [4.69, 9.17) is 21.4 Å². The monoisotopic (exact) mass is 314 g/mol. The fourth-order valence-corrected chi connectivity index (χ4v) is 1.73. The number of benzene rings is 1. The third-order valence-corrected chi connectivity index (χ3v) is 2.95. The van der Waals surface area contributed by atoms with E-state index < -0.39 is 12.0 Å². The number of carboxylic acid groups (broad SMARTS) is 1. The lowest BCUT2D eigenvalue weighted by Crippen LogP contribution is -2.31. The molecule has 0 saturated heterocycles. The number of rotatable bonds is 8. The molecule has 0 unspecified atom stereocenters. The maximum atomic E-state index is 11.6. The summed E-state index contributed by atoms with van der Waals surface area (Å²) in [6, 6.07) is 3.69. The largest absolute Gasteiger partial charge is 0.478 e. The number of hydrogen-bond donors (Lipinski definition) is 3. The molecule has 1 rings (SSSR count). The first-order chi connectivity index (χ1) is 10.0. The Balaban J connectivity index is 2.36. The minimum Gasteiger partial charge on any atom is -0.478 e. The molecular weight excluding hydrogens is 296 g/mol. The smallest absolute Gasteiger partial charge is 0.335 e. The van der Waals surface area contributed by atoms with Crippen molar-refractivity contribution in [1.29, 1.82) is 0 Å². The summed E-state index contributed by atoms with van der Waals surface area (Å²) < 4.78 is 5.31. The van der Waals surface area contributed by atoms with Crippen molar-refractivity contribution in [2.75, 3.05) is 25.1 Å². The Labute approximate surface area is 128 Å². The second kappa shape index (κ2) is 9.20. The van der Waals surface area contributed by atoms with Crippen molar-refractivity contribution in [2.45, 2.75) is 19.8 Å². The zero-order valence-corrected chi connectivity index (χ0v) is 12.6. The van der Waals surface area contributed by atoms with Crippen LogP contribution in [0.15, 0.2) is 18.2 Å². The Morgan fingerprint density at radius 2 is 2.10 bits per heavy atom. The van der Waals surface area contributed by atoms with Crippen molar-refractivity contribution in [2.24, 2.45) is 0 Å². The molecule has 0 saturated carbocycles. The number of ether oxygens (including phenoxy) is 1. The molecule has 0 atom stereocenters. The molecule has 0 aliphatic heterocycles. The van der Waals surface area contributed by atoms with Gasteiger partial charge in [0.05, 0.1) is 22.9 Å². The second-order valence-electron chi connectivity index (χ2n) is 4.35. The topological polar surface area (TPSA) is 87.7 Å².